The fraction of sp³-hybridized carbons (Fsp3) is 0.143. The van der Waals surface area contributed by atoms with Crippen LogP contribution in [-0.4, -0.2) is 28.5 Å². The summed E-state index contributed by atoms with van der Waals surface area (Å²) in [6.45, 7) is 4.31. The molecule has 0 fully saturated rings. The Kier molecular flexibility index (Phi) is 6.34. The maximum Gasteiger partial charge on any atom is 0.344 e. The quantitative estimate of drug-likeness (QED) is 0.327. The first-order valence-corrected chi connectivity index (χ1v) is 8.93. The number of rotatable bonds is 9. The Balaban J connectivity index is 1.84. The highest BCUT2D eigenvalue weighted by Gasteiger charge is 2.09. The van der Waals surface area contributed by atoms with E-state index >= 15 is 0 Å². The van der Waals surface area contributed by atoms with Gasteiger partial charge in [-0.3, -0.25) is 0 Å². The number of hydrogen-bond acceptors (Lipinski definition) is 4. The van der Waals surface area contributed by atoms with Crippen molar-refractivity contribution in [1.29, 1.82) is 0 Å². The van der Waals surface area contributed by atoms with E-state index in [4.69, 9.17) is 26.3 Å². The zero-order valence-electron chi connectivity index (χ0n) is 15.0. The number of carboxylic acid groups (broad SMARTS) is 1. The molecule has 0 aliphatic carbocycles. The molecule has 1 aromatic heterocycles. The van der Waals surface area contributed by atoms with Gasteiger partial charge in [0.05, 0.1) is 6.21 Å². The van der Waals surface area contributed by atoms with Crippen molar-refractivity contribution in [1.82, 2.24) is 4.57 Å². The summed E-state index contributed by atoms with van der Waals surface area (Å²) in [5, 5.41) is 13.9. The van der Waals surface area contributed by atoms with Crippen LogP contribution in [0.1, 0.15) is 11.1 Å². The lowest BCUT2D eigenvalue weighted by Gasteiger charge is -2.08. The predicted octanol–water partition coefficient (Wildman–Crippen LogP) is 4.49. The second kappa shape index (κ2) is 9.10. The normalized spacial score (nSPS) is 11.0. The molecular weight excluding hydrogens is 380 g/mol. The van der Waals surface area contributed by atoms with Gasteiger partial charge in [0.1, 0.15) is 12.4 Å². The van der Waals surface area contributed by atoms with Crippen molar-refractivity contribution < 1.29 is 19.5 Å². The summed E-state index contributed by atoms with van der Waals surface area (Å²) in [4.78, 5) is 15.3. The number of benzene rings is 2. The van der Waals surface area contributed by atoms with Gasteiger partial charge < -0.3 is 19.2 Å². The Bertz CT molecular complexity index is 1030. The van der Waals surface area contributed by atoms with Crippen LogP contribution in [0.3, 0.4) is 0 Å². The van der Waals surface area contributed by atoms with Crippen molar-refractivity contribution in [3.8, 4) is 5.75 Å². The molecule has 0 amide bonds. The van der Waals surface area contributed by atoms with Gasteiger partial charge in [0, 0.05) is 34.2 Å². The second-order valence-electron chi connectivity index (χ2n) is 6.02. The van der Waals surface area contributed by atoms with E-state index in [9.17, 15) is 4.79 Å². The standard InChI is InChI=1S/C21H19ClN2O4/c1-2-8-24-12-16(11-23-28-14-21(25)26)19-10-18(6-7-20(19)24)27-13-15-4-3-5-17(22)9-15/h2-7,9-12H,1,8,13-14H2,(H,25,26)/b23-11+. The molecule has 0 saturated heterocycles. The number of carboxylic acids is 1. The number of aliphatic carboxylic acids is 1. The third-order valence-electron chi connectivity index (χ3n) is 3.96. The SMILES string of the molecule is C=CCn1cc(/C=N/OCC(=O)O)c2cc(OCc3cccc(Cl)c3)ccc21. The Morgan fingerprint density at radius 1 is 1.29 bits per heavy atom. The average molecular weight is 399 g/mol. The molecule has 6 nitrogen and oxygen atoms in total. The molecule has 0 unspecified atom stereocenters. The molecule has 3 rings (SSSR count). The van der Waals surface area contributed by atoms with Crippen molar-refractivity contribution in [2.24, 2.45) is 5.16 Å². The van der Waals surface area contributed by atoms with Crippen LogP contribution in [-0.2, 0) is 22.8 Å². The van der Waals surface area contributed by atoms with Crippen LogP contribution < -0.4 is 4.74 Å². The van der Waals surface area contributed by atoms with Crippen molar-refractivity contribution in [3.05, 3.63) is 77.5 Å². The number of halogens is 1. The topological polar surface area (TPSA) is 73.1 Å². The number of ether oxygens (including phenoxy) is 1. The lowest BCUT2D eigenvalue weighted by Crippen LogP contribution is -2.03. The van der Waals surface area contributed by atoms with Gasteiger partial charge in [-0.05, 0) is 35.9 Å². The summed E-state index contributed by atoms with van der Waals surface area (Å²) in [6, 6.07) is 13.3. The van der Waals surface area contributed by atoms with E-state index in [0.29, 0.717) is 23.9 Å². The number of fused-ring (bicyclic) bond motifs is 1. The van der Waals surface area contributed by atoms with Crippen molar-refractivity contribution in [3.63, 3.8) is 0 Å². The van der Waals surface area contributed by atoms with E-state index in [-0.39, 0.29) is 0 Å². The molecule has 0 radical (unpaired) electrons. The molecule has 7 heteroatoms. The fourth-order valence-corrected chi connectivity index (χ4v) is 2.98. The van der Waals surface area contributed by atoms with Gasteiger partial charge in [-0.15, -0.1) is 6.58 Å². The third kappa shape index (κ3) is 4.92. The highest BCUT2D eigenvalue weighted by atomic mass is 35.5. The van der Waals surface area contributed by atoms with Gasteiger partial charge in [-0.1, -0.05) is 35.0 Å². The molecule has 0 atom stereocenters. The molecule has 0 spiro atoms. The van der Waals surface area contributed by atoms with E-state index in [1.807, 2.05) is 53.2 Å². The molecule has 0 aliphatic heterocycles. The molecule has 3 aromatic rings. The smallest absolute Gasteiger partial charge is 0.344 e. The van der Waals surface area contributed by atoms with Gasteiger partial charge in [0.15, 0.2) is 0 Å². The van der Waals surface area contributed by atoms with E-state index in [1.165, 1.54) is 6.21 Å². The van der Waals surface area contributed by atoms with Gasteiger partial charge >= 0.3 is 5.97 Å². The van der Waals surface area contributed by atoms with Gasteiger partial charge in [-0.25, -0.2) is 4.79 Å². The van der Waals surface area contributed by atoms with Crippen molar-refractivity contribution in [2.75, 3.05) is 6.61 Å². The summed E-state index contributed by atoms with van der Waals surface area (Å²) in [5.41, 5.74) is 2.74. The van der Waals surface area contributed by atoms with E-state index in [2.05, 4.69) is 11.7 Å². The molecule has 0 saturated carbocycles. The largest absolute Gasteiger partial charge is 0.489 e. The molecule has 28 heavy (non-hydrogen) atoms. The van der Waals surface area contributed by atoms with E-state index in [1.54, 1.807) is 6.08 Å². The van der Waals surface area contributed by atoms with Crippen molar-refractivity contribution >= 4 is 34.7 Å². The van der Waals surface area contributed by atoms with Crippen LogP contribution in [0.25, 0.3) is 10.9 Å². The van der Waals surface area contributed by atoms with Crippen LogP contribution in [0.2, 0.25) is 5.02 Å². The summed E-state index contributed by atoms with van der Waals surface area (Å²) in [7, 11) is 0. The predicted molar refractivity (Wildman–Crippen MR) is 109 cm³/mol. The Hall–Kier alpha value is -3.25. The lowest BCUT2D eigenvalue weighted by atomic mass is 10.2. The first kappa shape index (κ1) is 19.5. The maximum atomic E-state index is 10.5. The van der Waals surface area contributed by atoms with Crippen LogP contribution in [0.15, 0.2) is 66.5 Å². The monoisotopic (exact) mass is 398 g/mol. The van der Waals surface area contributed by atoms with Gasteiger partial charge in [0.25, 0.3) is 0 Å². The number of aromatic nitrogens is 1. The average Bonchev–Trinajstić information content (AvgIpc) is 3.01. The molecular formula is C21H19ClN2O4. The first-order valence-electron chi connectivity index (χ1n) is 8.55. The van der Waals surface area contributed by atoms with Crippen LogP contribution >= 0.6 is 11.6 Å². The zero-order valence-corrected chi connectivity index (χ0v) is 15.8. The minimum Gasteiger partial charge on any atom is -0.489 e. The van der Waals surface area contributed by atoms with Crippen LogP contribution in [0, 0.1) is 0 Å². The summed E-state index contributed by atoms with van der Waals surface area (Å²) < 4.78 is 7.91. The Morgan fingerprint density at radius 2 is 2.14 bits per heavy atom. The van der Waals surface area contributed by atoms with Gasteiger partial charge in [0.2, 0.25) is 6.61 Å². The number of hydrogen-bond donors (Lipinski definition) is 1. The number of oxime groups is 1. The third-order valence-corrected chi connectivity index (χ3v) is 4.19. The summed E-state index contributed by atoms with van der Waals surface area (Å²) >= 11 is 6.01. The zero-order chi connectivity index (χ0) is 19.9. The summed E-state index contributed by atoms with van der Waals surface area (Å²) in [5.74, 6) is -0.382. The van der Waals surface area contributed by atoms with Crippen molar-refractivity contribution in [2.45, 2.75) is 13.2 Å². The molecule has 0 bridgehead atoms. The molecule has 1 heterocycles. The Labute approximate surface area is 167 Å². The maximum absolute atomic E-state index is 10.5. The first-order chi connectivity index (χ1) is 13.6. The molecule has 1 N–H and O–H groups in total. The molecule has 0 aliphatic rings. The van der Waals surface area contributed by atoms with E-state index in [0.717, 1.165) is 22.0 Å². The summed E-state index contributed by atoms with van der Waals surface area (Å²) in [6.07, 6.45) is 5.19. The lowest BCUT2D eigenvalue weighted by molar-refractivity contribution is -0.142. The molecule has 144 valence electrons. The number of nitrogens with zero attached hydrogens (tertiary/aromatic N) is 2. The Morgan fingerprint density at radius 3 is 2.89 bits per heavy atom. The van der Waals surface area contributed by atoms with Gasteiger partial charge in [-0.2, -0.15) is 0 Å². The molecule has 2 aromatic carbocycles. The highest BCUT2D eigenvalue weighted by molar-refractivity contribution is 6.30. The fourth-order valence-electron chi connectivity index (χ4n) is 2.77. The second-order valence-corrected chi connectivity index (χ2v) is 6.46. The minimum absolute atomic E-state index is 0.393. The van der Waals surface area contributed by atoms with Crippen LogP contribution in [0.5, 0.6) is 5.75 Å². The van der Waals surface area contributed by atoms with E-state index < -0.39 is 12.6 Å². The highest BCUT2D eigenvalue weighted by Crippen LogP contribution is 2.26. The number of carbonyl (C=O) groups is 1. The number of allylic oxidation sites excluding steroid dienone is 1. The minimum atomic E-state index is -1.08. The van der Waals surface area contributed by atoms with Crippen LogP contribution in [0.4, 0.5) is 0 Å².